The molecule has 0 amide bonds. The van der Waals surface area contributed by atoms with Gasteiger partial charge in [0.15, 0.2) is 0 Å². The van der Waals surface area contributed by atoms with Crippen LogP contribution in [0.25, 0.3) is 0 Å². The van der Waals surface area contributed by atoms with E-state index in [-0.39, 0.29) is 6.10 Å². The van der Waals surface area contributed by atoms with Gasteiger partial charge in [-0.3, -0.25) is 4.98 Å². The van der Waals surface area contributed by atoms with E-state index in [9.17, 15) is 5.11 Å². The van der Waals surface area contributed by atoms with Gasteiger partial charge in [0.2, 0.25) is 0 Å². The first-order valence-corrected chi connectivity index (χ1v) is 6.86. The molecule has 1 aromatic rings. The van der Waals surface area contributed by atoms with E-state index in [1.54, 1.807) is 12.4 Å². The van der Waals surface area contributed by atoms with Gasteiger partial charge in [0.1, 0.15) is 0 Å². The van der Waals surface area contributed by atoms with Crippen LogP contribution in [0.15, 0.2) is 24.5 Å². The Balaban J connectivity index is 1.83. The van der Waals surface area contributed by atoms with Crippen LogP contribution in [0, 0.1) is 11.8 Å². The quantitative estimate of drug-likeness (QED) is 0.866. The van der Waals surface area contributed by atoms with E-state index >= 15 is 0 Å². The molecule has 0 spiro atoms. The monoisotopic (exact) mass is 233 g/mol. The van der Waals surface area contributed by atoms with Crippen molar-refractivity contribution in [2.75, 3.05) is 0 Å². The van der Waals surface area contributed by atoms with Crippen LogP contribution in [0.4, 0.5) is 0 Å². The highest BCUT2D eigenvalue weighted by Gasteiger charge is 2.25. The summed E-state index contributed by atoms with van der Waals surface area (Å²) >= 11 is 0. The summed E-state index contributed by atoms with van der Waals surface area (Å²) < 4.78 is 0. The molecule has 0 radical (unpaired) electrons. The zero-order valence-corrected chi connectivity index (χ0v) is 10.7. The zero-order chi connectivity index (χ0) is 12.1. The Morgan fingerprint density at radius 1 is 1.24 bits per heavy atom. The van der Waals surface area contributed by atoms with Gasteiger partial charge in [0.25, 0.3) is 0 Å². The molecule has 1 fully saturated rings. The maximum atomic E-state index is 10.3. The average Bonchev–Trinajstić information content (AvgIpc) is 2.40. The lowest BCUT2D eigenvalue weighted by molar-refractivity contribution is 0.0735. The van der Waals surface area contributed by atoms with Crippen LogP contribution in [0.2, 0.25) is 0 Å². The van der Waals surface area contributed by atoms with Crippen molar-refractivity contribution in [2.45, 2.75) is 51.6 Å². The molecule has 1 N–H and O–H groups in total. The third-order valence-corrected chi connectivity index (χ3v) is 4.21. The predicted molar refractivity (Wildman–Crippen MR) is 69.7 cm³/mol. The maximum Gasteiger partial charge on any atom is 0.0608 e. The van der Waals surface area contributed by atoms with Gasteiger partial charge in [-0.05, 0) is 48.8 Å². The summed E-state index contributed by atoms with van der Waals surface area (Å²) in [4.78, 5) is 4.00. The molecule has 1 atom stereocenters. The normalized spacial score (nSPS) is 26.7. The Kier molecular flexibility index (Phi) is 4.55. The first-order valence-electron chi connectivity index (χ1n) is 6.86. The van der Waals surface area contributed by atoms with E-state index in [2.05, 4.69) is 11.9 Å². The highest BCUT2D eigenvalue weighted by molar-refractivity contribution is 5.11. The molecule has 2 heteroatoms. The van der Waals surface area contributed by atoms with Crippen LogP contribution >= 0.6 is 0 Å². The van der Waals surface area contributed by atoms with Crippen LogP contribution in [0.3, 0.4) is 0 Å². The first-order chi connectivity index (χ1) is 8.29. The molecule has 2 nitrogen and oxygen atoms in total. The van der Waals surface area contributed by atoms with E-state index in [1.165, 1.54) is 37.7 Å². The molecule has 94 valence electrons. The summed E-state index contributed by atoms with van der Waals surface area (Å²) in [5.74, 6) is 1.41. The molecule has 0 bridgehead atoms. The molecule has 1 saturated carbocycles. The van der Waals surface area contributed by atoms with Crippen molar-refractivity contribution in [2.24, 2.45) is 11.8 Å². The lowest BCUT2D eigenvalue weighted by atomic mass is 9.77. The van der Waals surface area contributed by atoms with E-state index in [1.807, 2.05) is 12.1 Å². The van der Waals surface area contributed by atoms with Crippen LogP contribution in [-0.4, -0.2) is 16.2 Å². The van der Waals surface area contributed by atoms with Crippen LogP contribution in [-0.2, 0) is 6.42 Å². The predicted octanol–water partition coefficient (Wildman–Crippen LogP) is 3.20. The lowest BCUT2D eigenvalue weighted by Gasteiger charge is -2.31. The molecule has 0 saturated heterocycles. The van der Waals surface area contributed by atoms with E-state index < -0.39 is 0 Å². The molecule has 1 heterocycles. The molecule has 0 aliphatic heterocycles. The zero-order valence-electron chi connectivity index (χ0n) is 10.7. The first kappa shape index (κ1) is 12.6. The topological polar surface area (TPSA) is 33.1 Å². The summed E-state index contributed by atoms with van der Waals surface area (Å²) in [5, 5.41) is 10.3. The summed E-state index contributed by atoms with van der Waals surface area (Å²) in [7, 11) is 0. The van der Waals surface area contributed by atoms with Crippen LogP contribution in [0.5, 0.6) is 0 Å². The van der Waals surface area contributed by atoms with Crippen LogP contribution in [0.1, 0.15) is 44.6 Å². The van der Waals surface area contributed by atoms with Gasteiger partial charge in [-0.2, -0.15) is 0 Å². The number of hydrogen-bond acceptors (Lipinski definition) is 2. The smallest absolute Gasteiger partial charge is 0.0608 e. The van der Waals surface area contributed by atoms with Gasteiger partial charge in [-0.15, -0.1) is 0 Å². The molecule has 17 heavy (non-hydrogen) atoms. The Bertz CT molecular complexity index is 317. The fraction of sp³-hybridized carbons (Fsp3) is 0.667. The van der Waals surface area contributed by atoms with Gasteiger partial charge in [-0.1, -0.05) is 26.2 Å². The highest BCUT2D eigenvalue weighted by atomic mass is 16.3. The molecule has 1 aromatic heterocycles. The number of hydrogen-bond donors (Lipinski definition) is 1. The Labute approximate surface area is 104 Å². The third-order valence-electron chi connectivity index (χ3n) is 4.21. The van der Waals surface area contributed by atoms with Crippen molar-refractivity contribution in [3.8, 4) is 0 Å². The SMILES string of the molecule is CCC1CCC(C(O)Cc2ccncc2)CC1. The van der Waals surface area contributed by atoms with Crippen molar-refractivity contribution in [3.63, 3.8) is 0 Å². The summed E-state index contributed by atoms with van der Waals surface area (Å²) in [6.07, 6.45) is 10.5. The second-order valence-corrected chi connectivity index (χ2v) is 5.32. The minimum absolute atomic E-state index is 0.171. The number of pyridine rings is 1. The minimum Gasteiger partial charge on any atom is -0.392 e. The third kappa shape index (κ3) is 3.53. The molecule has 2 rings (SSSR count). The Morgan fingerprint density at radius 2 is 1.88 bits per heavy atom. The fourth-order valence-electron chi connectivity index (χ4n) is 2.91. The Morgan fingerprint density at radius 3 is 2.47 bits per heavy atom. The van der Waals surface area contributed by atoms with Gasteiger partial charge >= 0.3 is 0 Å². The Hall–Kier alpha value is -0.890. The number of rotatable bonds is 4. The van der Waals surface area contributed by atoms with Crippen LogP contribution < -0.4 is 0 Å². The van der Waals surface area contributed by atoms with Gasteiger partial charge < -0.3 is 5.11 Å². The van der Waals surface area contributed by atoms with Crippen molar-refractivity contribution < 1.29 is 5.11 Å². The highest BCUT2D eigenvalue weighted by Crippen LogP contribution is 2.33. The fourth-order valence-corrected chi connectivity index (χ4v) is 2.91. The van der Waals surface area contributed by atoms with Gasteiger partial charge in [0, 0.05) is 12.4 Å². The number of aliphatic hydroxyl groups excluding tert-OH is 1. The van der Waals surface area contributed by atoms with Crippen molar-refractivity contribution in [1.82, 2.24) is 4.98 Å². The van der Waals surface area contributed by atoms with Crippen molar-refractivity contribution in [1.29, 1.82) is 0 Å². The minimum atomic E-state index is -0.171. The van der Waals surface area contributed by atoms with Gasteiger partial charge in [0.05, 0.1) is 6.10 Å². The molecule has 1 aliphatic carbocycles. The number of aromatic nitrogens is 1. The second kappa shape index (κ2) is 6.15. The largest absolute Gasteiger partial charge is 0.392 e. The number of aliphatic hydroxyl groups is 1. The molecule has 1 aliphatic rings. The van der Waals surface area contributed by atoms with Crippen molar-refractivity contribution >= 4 is 0 Å². The van der Waals surface area contributed by atoms with E-state index in [0.29, 0.717) is 5.92 Å². The maximum absolute atomic E-state index is 10.3. The molecule has 0 aromatic carbocycles. The number of nitrogens with zero attached hydrogens (tertiary/aromatic N) is 1. The van der Waals surface area contributed by atoms with Crippen molar-refractivity contribution in [3.05, 3.63) is 30.1 Å². The van der Waals surface area contributed by atoms with Gasteiger partial charge in [-0.25, -0.2) is 0 Å². The molecule has 1 unspecified atom stereocenters. The van der Waals surface area contributed by atoms with E-state index in [4.69, 9.17) is 0 Å². The molecular formula is C15H23NO. The van der Waals surface area contributed by atoms with E-state index in [0.717, 1.165) is 12.3 Å². The second-order valence-electron chi connectivity index (χ2n) is 5.32. The summed E-state index contributed by atoms with van der Waals surface area (Å²) in [6, 6.07) is 4.00. The average molecular weight is 233 g/mol. The summed E-state index contributed by atoms with van der Waals surface area (Å²) in [5.41, 5.74) is 1.20. The molecular weight excluding hydrogens is 210 g/mol. The standard InChI is InChI=1S/C15H23NO/c1-2-12-3-5-14(6-4-12)15(17)11-13-7-9-16-10-8-13/h7-10,12,14-15,17H,2-6,11H2,1H3. The lowest BCUT2D eigenvalue weighted by Crippen LogP contribution is -2.27. The summed E-state index contributed by atoms with van der Waals surface area (Å²) in [6.45, 7) is 2.28.